The van der Waals surface area contributed by atoms with Crippen LogP contribution in [-0.2, 0) is 32.1 Å². The van der Waals surface area contributed by atoms with Crippen LogP contribution >= 0.6 is 0 Å². The van der Waals surface area contributed by atoms with Gasteiger partial charge in [-0.25, -0.2) is 0 Å². The van der Waals surface area contributed by atoms with Crippen LogP contribution in [0.3, 0.4) is 0 Å². The molecule has 3 aliphatic carbocycles. The van der Waals surface area contributed by atoms with E-state index in [1.54, 1.807) is 12.1 Å². The molecule has 2 unspecified atom stereocenters. The normalized spacial score (nSPS) is 33.2. The monoisotopic (exact) mass is 497 g/mol. The highest BCUT2D eigenvalue weighted by Crippen LogP contribution is 2.50. The Morgan fingerprint density at radius 3 is 2.50 bits per heavy atom. The number of primary amides is 1. The number of nitrogens with zero attached hydrogens (tertiary/aromatic N) is 1. The second-order valence-electron chi connectivity index (χ2n) is 10.8. The molecule has 36 heavy (non-hydrogen) atoms. The van der Waals surface area contributed by atoms with Gasteiger partial charge in [-0.15, -0.1) is 0 Å². The zero-order valence-corrected chi connectivity index (χ0v) is 20.2. The topological polar surface area (TPSA) is 167 Å². The highest BCUT2D eigenvalue weighted by molar-refractivity contribution is 6.31. The molecule has 10 heteroatoms. The summed E-state index contributed by atoms with van der Waals surface area (Å²) >= 11 is 0. The van der Waals surface area contributed by atoms with E-state index >= 15 is 0 Å². The third kappa shape index (κ3) is 3.70. The van der Waals surface area contributed by atoms with Crippen molar-refractivity contribution >= 4 is 29.0 Å². The van der Waals surface area contributed by atoms with E-state index in [2.05, 4.69) is 17.3 Å². The number of hydrogen-bond acceptors (Lipinski definition) is 9. The van der Waals surface area contributed by atoms with E-state index in [0.717, 1.165) is 25.9 Å². The van der Waals surface area contributed by atoms with E-state index in [9.17, 15) is 34.2 Å². The van der Waals surface area contributed by atoms with Crippen molar-refractivity contribution < 1.29 is 34.2 Å². The van der Waals surface area contributed by atoms with E-state index in [-0.39, 0.29) is 24.2 Å². The minimum absolute atomic E-state index is 0.0418. The van der Waals surface area contributed by atoms with Gasteiger partial charge in [0.2, 0.25) is 5.91 Å². The van der Waals surface area contributed by atoms with Crippen molar-refractivity contribution in [2.45, 2.75) is 50.3 Å². The van der Waals surface area contributed by atoms with Gasteiger partial charge in [-0.1, -0.05) is 12.1 Å². The molecule has 5 atom stereocenters. The number of nitrogens with one attached hydrogen (secondary N) is 1. The molecular formula is C26H31N3O7. The maximum Gasteiger partial charge on any atom is 0.235 e. The van der Waals surface area contributed by atoms with Crippen LogP contribution in [-0.4, -0.2) is 75.9 Å². The number of carbonyl (C=O) groups is 5. The first-order valence-electron chi connectivity index (χ1n) is 12.5. The third-order valence-corrected chi connectivity index (χ3v) is 8.66. The number of fused-ring (bicyclic) bond motifs is 3. The van der Waals surface area contributed by atoms with E-state index in [0.29, 0.717) is 30.1 Å². The Bertz CT molecular complexity index is 1170. The van der Waals surface area contributed by atoms with Crippen molar-refractivity contribution in [2.24, 2.45) is 29.4 Å². The lowest BCUT2D eigenvalue weighted by molar-refractivity contribution is -0.175. The molecule has 0 aromatic heterocycles. The number of amides is 1. The second kappa shape index (κ2) is 8.86. The van der Waals surface area contributed by atoms with Gasteiger partial charge in [0.25, 0.3) is 0 Å². The number of piperidine rings is 1. The molecule has 1 heterocycles. The SMILES string of the molecule is CN1CCC(NCc2ccc3c(c2O)C(=O)C2C(=O)[C@]4(O)C(=O)C(C(N)=O)C(=O)C[C@@H]4C[C@@H]2C3)CC1. The van der Waals surface area contributed by atoms with Gasteiger partial charge in [0.05, 0.1) is 11.5 Å². The number of rotatable bonds is 4. The zero-order valence-electron chi connectivity index (χ0n) is 20.2. The molecular weight excluding hydrogens is 466 g/mol. The molecule has 1 amide bonds. The fourth-order valence-electron chi connectivity index (χ4n) is 6.60. The predicted molar refractivity (Wildman–Crippen MR) is 126 cm³/mol. The number of aliphatic hydroxyl groups is 1. The summed E-state index contributed by atoms with van der Waals surface area (Å²) in [4.78, 5) is 66.5. The number of benzene rings is 1. The van der Waals surface area contributed by atoms with E-state index < -0.39 is 58.3 Å². The fraction of sp³-hybridized carbons (Fsp3) is 0.577. The van der Waals surface area contributed by atoms with Crippen LogP contribution in [0, 0.1) is 23.7 Å². The number of phenols is 1. The van der Waals surface area contributed by atoms with Gasteiger partial charge in [0.15, 0.2) is 34.7 Å². The molecule has 0 spiro atoms. The summed E-state index contributed by atoms with van der Waals surface area (Å²) < 4.78 is 0. The van der Waals surface area contributed by atoms with Gasteiger partial charge < -0.3 is 26.2 Å². The number of nitrogens with two attached hydrogens (primary N) is 1. The number of carbonyl (C=O) groups excluding carboxylic acids is 5. The molecule has 192 valence electrons. The molecule has 0 radical (unpaired) electrons. The Hall–Kier alpha value is -2.95. The van der Waals surface area contributed by atoms with Crippen LogP contribution in [0.25, 0.3) is 0 Å². The summed E-state index contributed by atoms with van der Waals surface area (Å²) in [6.45, 7) is 2.31. The number of ketones is 4. The highest BCUT2D eigenvalue weighted by Gasteiger charge is 2.66. The van der Waals surface area contributed by atoms with Crippen molar-refractivity contribution in [2.75, 3.05) is 20.1 Å². The van der Waals surface area contributed by atoms with E-state index in [4.69, 9.17) is 5.73 Å². The summed E-state index contributed by atoms with van der Waals surface area (Å²) in [5.41, 5.74) is 3.77. The number of aromatic hydroxyl groups is 1. The van der Waals surface area contributed by atoms with E-state index in [1.807, 2.05) is 0 Å². The molecule has 0 bridgehead atoms. The Labute approximate surface area is 208 Å². The van der Waals surface area contributed by atoms with Crippen molar-refractivity contribution in [3.63, 3.8) is 0 Å². The minimum atomic E-state index is -2.62. The minimum Gasteiger partial charge on any atom is -0.507 e. The third-order valence-electron chi connectivity index (χ3n) is 8.66. The molecule has 1 saturated heterocycles. The maximum absolute atomic E-state index is 13.6. The summed E-state index contributed by atoms with van der Waals surface area (Å²) in [7, 11) is 2.07. The quantitative estimate of drug-likeness (QED) is 0.401. The lowest BCUT2D eigenvalue weighted by atomic mass is 9.54. The molecule has 5 rings (SSSR count). The number of Topliss-reactive ketones (excluding diaryl/α,β-unsaturated/α-hetero) is 4. The summed E-state index contributed by atoms with van der Waals surface area (Å²) in [5.74, 6) is -9.77. The van der Waals surface area contributed by atoms with Crippen LogP contribution in [0.2, 0.25) is 0 Å². The van der Waals surface area contributed by atoms with Crippen molar-refractivity contribution in [3.05, 3.63) is 28.8 Å². The Morgan fingerprint density at radius 2 is 1.83 bits per heavy atom. The first-order valence-corrected chi connectivity index (χ1v) is 12.5. The zero-order chi connectivity index (χ0) is 25.9. The van der Waals surface area contributed by atoms with Crippen LogP contribution in [0.5, 0.6) is 5.75 Å². The largest absolute Gasteiger partial charge is 0.507 e. The predicted octanol–water partition coefficient (Wildman–Crippen LogP) is -0.489. The second-order valence-corrected chi connectivity index (χ2v) is 10.8. The van der Waals surface area contributed by atoms with Gasteiger partial charge in [-0.2, -0.15) is 0 Å². The lowest BCUT2D eigenvalue weighted by Crippen LogP contribution is -2.68. The molecule has 1 aromatic rings. The van der Waals surface area contributed by atoms with E-state index in [1.165, 1.54) is 0 Å². The smallest absolute Gasteiger partial charge is 0.235 e. The van der Waals surface area contributed by atoms with Gasteiger partial charge in [0.1, 0.15) is 5.75 Å². The molecule has 4 aliphatic rings. The number of likely N-dealkylation sites (tertiary alicyclic amines) is 1. The number of hydrogen-bond donors (Lipinski definition) is 4. The van der Waals surface area contributed by atoms with Gasteiger partial charge in [-0.05, 0) is 57.3 Å². The molecule has 3 fully saturated rings. The van der Waals surface area contributed by atoms with Crippen molar-refractivity contribution in [3.8, 4) is 5.75 Å². The van der Waals surface area contributed by atoms with Crippen molar-refractivity contribution in [1.82, 2.24) is 10.2 Å². The standard InChI is InChI=1S/C26H31N3O7/c1-29-6-4-16(5-7-29)28-11-13-3-2-12-8-14-9-15-10-17(30)20(25(27)35)24(34)26(15,36)23(33)19(14)22(32)18(12)21(13)31/h2-3,14-16,19-20,28,31,36H,4-11H2,1H3,(H2,27,35)/t14-,15-,19?,20?,26-/m0/s1. The Morgan fingerprint density at radius 1 is 1.14 bits per heavy atom. The fourth-order valence-corrected chi connectivity index (χ4v) is 6.60. The van der Waals surface area contributed by atoms with Gasteiger partial charge >= 0.3 is 0 Å². The molecule has 1 aliphatic heterocycles. The lowest BCUT2D eigenvalue weighted by Gasteiger charge is -2.48. The van der Waals surface area contributed by atoms with Gasteiger partial charge in [-0.3, -0.25) is 24.0 Å². The molecule has 5 N–H and O–H groups in total. The summed E-state index contributed by atoms with van der Waals surface area (Å²) in [5, 5.41) is 25.7. The first kappa shape index (κ1) is 24.7. The van der Waals surface area contributed by atoms with Crippen LogP contribution in [0.4, 0.5) is 0 Å². The maximum atomic E-state index is 13.6. The highest BCUT2D eigenvalue weighted by atomic mass is 16.3. The average Bonchev–Trinajstić information content (AvgIpc) is 2.81. The summed E-state index contributed by atoms with van der Waals surface area (Å²) in [6, 6.07) is 3.84. The number of phenolic OH excluding ortho intramolecular Hbond substituents is 1. The Balaban J connectivity index is 1.42. The Kier molecular flexibility index (Phi) is 6.09. The van der Waals surface area contributed by atoms with Crippen LogP contribution in [0.1, 0.15) is 47.2 Å². The van der Waals surface area contributed by atoms with Crippen molar-refractivity contribution in [1.29, 1.82) is 0 Å². The average molecular weight is 498 g/mol. The molecule has 2 saturated carbocycles. The molecule has 10 nitrogen and oxygen atoms in total. The van der Waals surface area contributed by atoms with Crippen LogP contribution < -0.4 is 11.1 Å². The van der Waals surface area contributed by atoms with Crippen LogP contribution in [0.15, 0.2) is 12.1 Å². The van der Waals surface area contributed by atoms with Gasteiger partial charge in [0, 0.05) is 30.5 Å². The first-order chi connectivity index (χ1) is 17.0. The molecule has 1 aromatic carbocycles. The summed E-state index contributed by atoms with van der Waals surface area (Å²) in [6.07, 6.45) is 2.01.